The number of benzene rings is 3. The van der Waals surface area contributed by atoms with Crippen molar-refractivity contribution >= 4 is 11.9 Å². The van der Waals surface area contributed by atoms with Crippen LogP contribution in [-0.4, -0.2) is 55.2 Å². The van der Waals surface area contributed by atoms with Crippen molar-refractivity contribution in [2.75, 3.05) is 33.0 Å². The third-order valence-electron chi connectivity index (χ3n) is 9.38. The first kappa shape index (κ1) is 41.2. The molecule has 0 aliphatic heterocycles. The van der Waals surface area contributed by atoms with E-state index in [0.717, 1.165) is 52.8 Å². The van der Waals surface area contributed by atoms with Crippen molar-refractivity contribution in [2.24, 2.45) is 5.41 Å². The second-order valence-corrected chi connectivity index (χ2v) is 13.8. The lowest BCUT2D eigenvalue weighted by Crippen LogP contribution is -2.32. The van der Waals surface area contributed by atoms with Crippen LogP contribution < -0.4 is 4.74 Å². The fourth-order valence-electron chi connectivity index (χ4n) is 6.07. The predicted octanol–water partition coefficient (Wildman–Crippen LogP) is 8.93. The summed E-state index contributed by atoms with van der Waals surface area (Å²) in [6.45, 7) is 17.5. The highest BCUT2D eigenvalue weighted by molar-refractivity contribution is 5.87. The molecule has 3 rings (SSSR count). The van der Waals surface area contributed by atoms with E-state index in [2.05, 4.69) is 88.5 Å². The van der Waals surface area contributed by atoms with Crippen LogP contribution in [0.2, 0.25) is 0 Å². The lowest BCUT2D eigenvalue weighted by atomic mass is 9.81. The highest BCUT2D eigenvalue weighted by Gasteiger charge is 2.28. The summed E-state index contributed by atoms with van der Waals surface area (Å²) >= 11 is 0. The van der Waals surface area contributed by atoms with Gasteiger partial charge in [0.2, 0.25) is 0 Å². The Balaban J connectivity index is 2.06. The molecule has 3 aromatic rings. The van der Waals surface area contributed by atoms with Gasteiger partial charge in [0.15, 0.2) is 0 Å². The van der Waals surface area contributed by atoms with Gasteiger partial charge < -0.3 is 24.4 Å². The van der Waals surface area contributed by atoms with Crippen LogP contribution >= 0.6 is 0 Å². The van der Waals surface area contributed by atoms with E-state index in [0.29, 0.717) is 56.3 Å². The van der Waals surface area contributed by atoms with Gasteiger partial charge in [0.25, 0.3) is 0 Å². The summed E-state index contributed by atoms with van der Waals surface area (Å²) in [4.78, 5) is 24.2. The van der Waals surface area contributed by atoms with Crippen molar-refractivity contribution in [1.82, 2.24) is 0 Å². The largest absolute Gasteiger partial charge is 0.493 e. The Labute approximate surface area is 305 Å². The van der Waals surface area contributed by atoms with Crippen LogP contribution in [0.3, 0.4) is 0 Å². The Bertz CT molecular complexity index is 1560. The summed E-state index contributed by atoms with van der Waals surface area (Å²) in [5, 5.41) is 20.5. The zero-order chi connectivity index (χ0) is 37.4. The number of hydrogen-bond acceptors (Lipinski definition) is 7. The number of aliphatic hydroxyl groups excluding tert-OH is 2. The number of ether oxygens (including phenoxy) is 3. The van der Waals surface area contributed by atoms with Gasteiger partial charge in [-0.05, 0) is 117 Å². The van der Waals surface area contributed by atoms with Crippen LogP contribution in [0.4, 0.5) is 0 Å². The van der Waals surface area contributed by atoms with E-state index in [1.54, 1.807) is 13.8 Å². The summed E-state index contributed by atoms with van der Waals surface area (Å²) < 4.78 is 17.5. The molecule has 0 atom stereocenters. The smallest absolute Gasteiger partial charge is 0.333 e. The standard InChI is InChI=1S/C44H58O7/c1-8-10-21-44(29-45,30-46)22-25-49-41-37(13-11-23-50-42(47)31(3)4)27-39(28-38(41)14-12-24-51-43(48)32(5)6)40-20-19-36(26-34(40)9-2)35-17-15-33(7)16-18-35/h15-20,26-28,45-46H,3,5,8-14,21-25,29-30H2,1-2,4,6-7H3. The summed E-state index contributed by atoms with van der Waals surface area (Å²) in [5.74, 6) is -0.0865. The van der Waals surface area contributed by atoms with Gasteiger partial charge in [0.1, 0.15) is 5.75 Å². The molecule has 7 heteroatoms. The van der Waals surface area contributed by atoms with E-state index < -0.39 is 17.4 Å². The topological polar surface area (TPSA) is 102 Å². The number of aliphatic hydroxyl groups is 2. The molecule has 0 saturated heterocycles. The number of esters is 2. The highest BCUT2D eigenvalue weighted by Crippen LogP contribution is 2.37. The van der Waals surface area contributed by atoms with Gasteiger partial charge in [-0.3, -0.25) is 0 Å². The third-order valence-corrected chi connectivity index (χ3v) is 9.38. The molecule has 0 heterocycles. The zero-order valence-corrected chi connectivity index (χ0v) is 31.4. The van der Waals surface area contributed by atoms with Gasteiger partial charge in [-0.1, -0.05) is 87.9 Å². The van der Waals surface area contributed by atoms with E-state index >= 15 is 0 Å². The molecule has 0 amide bonds. The maximum Gasteiger partial charge on any atom is 0.333 e. The molecule has 0 aromatic heterocycles. The van der Waals surface area contributed by atoms with Gasteiger partial charge in [0, 0.05) is 16.6 Å². The molecule has 2 N–H and O–H groups in total. The van der Waals surface area contributed by atoms with E-state index in [1.807, 2.05) is 0 Å². The molecular formula is C44H58O7. The lowest BCUT2D eigenvalue weighted by Gasteiger charge is -2.30. The van der Waals surface area contributed by atoms with Crippen LogP contribution in [0, 0.1) is 12.3 Å². The van der Waals surface area contributed by atoms with Crippen molar-refractivity contribution in [3.63, 3.8) is 0 Å². The monoisotopic (exact) mass is 698 g/mol. The van der Waals surface area contributed by atoms with Gasteiger partial charge in [-0.25, -0.2) is 9.59 Å². The Morgan fingerprint density at radius 3 is 1.71 bits per heavy atom. The van der Waals surface area contributed by atoms with Gasteiger partial charge in [0.05, 0.1) is 33.0 Å². The summed E-state index contributed by atoms with van der Waals surface area (Å²) in [6.07, 6.45) is 6.25. The van der Waals surface area contributed by atoms with E-state index in [4.69, 9.17) is 14.2 Å². The Kier molecular flexibility index (Phi) is 16.7. The van der Waals surface area contributed by atoms with Gasteiger partial charge >= 0.3 is 11.9 Å². The van der Waals surface area contributed by atoms with Crippen molar-refractivity contribution < 1.29 is 34.0 Å². The van der Waals surface area contributed by atoms with Gasteiger partial charge in [-0.2, -0.15) is 0 Å². The van der Waals surface area contributed by atoms with Crippen LogP contribution in [0.25, 0.3) is 22.3 Å². The lowest BCUT2D eigenvalue weighted by molar-refractivity contribution is -0.139. The molecule has 0 radical (unpaired) electrons. The molecule has 0 spiro atoms. The Morgan fingerprint density at radius 1 is 0.686 bits per heavy atom. The molecule has 0 bridgehead atoms. The fraction of sp³-hybridized carbons (Fsp3) is 0.455. The maximum absolute atomic E-state index is 12.1. The number of rotatable bonds is 22. The van der Waals surface area contributed by atoms with Crippen LogP contribution in [0.15, 0.2) is 78.9 Å². The van der Waals surface area contributed by atoms with E-state index in [9.17, 15) is 19.8 Å². The summed E-state index contributed by atoms with van der Waals surface area (Å²) in [7, 11) is 0. The number of hydrogen-bond donors (Lipinski definition) is 2. The molecule has 3 aromatic carbocycles. The number of carbonyl (C=O) groups excluding carboxylic acids is 2. The molecule has 0 aliphatic rings. The van der Waals surface area contributed by atoms with Crippen molar-refractivity contribution in [2.45, 2.75) is 92.4 Å². The number of unbranched alkanes of at least 4 members (excludes halogenated alkanes) is 1. The zero-order valence-electron chi connectivity index (χ0n) is 31.4. The highest BCUT2D eigenvalue weighted by atomic mass is 16.5. The normalized spacial score (nSPS) is 11.3. The molecule has 0 saturated carbocycles. The molecule has 7 nitrogen and oxygen atoms in total. The quantitative estimate of drug-likeness (QED) is 0.0614. The van der Waals surface area contributed by atoms with Crippen LogP contribution in [0.1, 0.15) is 88.5 Å². The first-order valence-corrected chi connectivity index (χ1v) is 18.3. The van der Waals surface area contributed by atoms with Crippen LogP contribution in [-0.2, 0) is 38.3 Å². The summed E-state index contributed by atoms with van der Waals surface area (Å²) in [6, 6.07) is 19.5. The second-order valence-electron chi connectivity index (χ2n) is 13.8. The molecule has 0 fully saturated rings. The molecule has 51 heavy (non-hydrogen) atoms. The average Bonchev–Trinajstić information content (AvgIpc) is 3.13. The minimum Gasteiger partial charge on any atom is -0.493 e. The van der Waals surface area contributed by atoms with Crippen molar-refractivity contribution in [1.29, 1.82) is 0 Å². The fourth-order valence-corrected chi connectivity index (χ4v) is 6.07. The molecular weight excluding hydrogens is 640 g/mol. The Morgan fingerprint density at radius 2 is 1.22 bits per heavy atom. The maximum atomic E-state index is 12.1. The minimum atomic E-state index is -0.626. The molecule has 276 valence electrons. The van der Waals surface area contributed by atoms with E-state index in [-0.39, 0.29) is 26.4 Å². The third kappa shape index (κ3) is 12.2. The summed E-state index contributed by atoms with van der Waals surface area (Å²) in [5.41, 5.74) is 8.99. The molecule has 0 aliphatic carbocycles. The first-order valence-electron chi connectivity index (χ1n) is 18.3. The number of aryl methyl sites for hydroxylation is 4. The first-order chi connectivity index (χ1) is 24.5. The molecule has 0 unspecified atom stereocenters. The SMILES string of the molecule is C=C(C)C(=O)OCCCc1cc(-c2ccc(-c3ccc(C)cc3)cc2CC)cc(CCCOC(=O)C(=C)C)c1OCCC(CO)(CO)CCCC. The number of carbonyl (C=O) groups is 2. The van der Waals surface area contributed by atoms with Crippen molar-refractivity contribution in [3.05, 3.63) is 101 Å². The predicted molar refractivity (Wildman–Crippen MR) is 206 cm³/mol. The van der Waals surface area contributed by atoms with E-state index in [1.165, 1.54) is 16.7 Å². The van der Waals surface area contributed by atoms with Crippen molar-refractivity contribution in [3.8, 4) is 28.0 Å². The second kappa shape index (κ2) is 20.6. The average molecular weight is 699 g/mol. The Hall–Kier alpha value is -4.20. The van der Waals surface area contributed by atoms with Crippen LogP contribution in [0.5, 0.6) is 5.75 Å². The van der Waals surface area contributed by atoms with Gasteiger partial charge in [-0.15, -0.1) is 0 Å². The minimum absolute atomic E-state index is 0.119.